The van der Waals surface area contributed by atoms with Crippen molar-refractivity contribution >= 4 is 0 Å². The molecule has 1 aromatic rings. The fourth-order valence-corrected chi connectivity index (χ4v) is 3.40. The zero-order chi connectivity index (χ0) is 14.3. The predicted molar refractivity (Wildman–Crippen MR) is 78.7 cm³/mol. The molecule has 0 radical (unpaired) electrons. The van der Waals surface area contributed by atoms with Gasteiger partial charge in [-0.05, 0) is 41.4 Å². The fraction of sp³-hybridized carbons (Fsp3) is 0.625. The van der Waals surface area contributed by atoms with Crippen molar-refractivity contribution in [3.63, 3.8) is 0 Å². The summed E-state index contributed by atoms with van der Waals surface area (Å²) in [7, 11) is 0. The Balaban J connectivity index is 2.20. The van der Waals surface area contributed by atoms with Crippen LogP contribution in [0.3, 0.4) is 0 Å². The number of nitrogens with two attached hydrogens (primary N) is 1. The third kappa shape index (κ3) is 2.26. The van der Waals surface area contributed by atoms with E-state index in [0.717, 1.165) is 5.75 Å². The summed E-state index contributed by atoms with van der Waals surface area (Å²) in [5, 5.41) is 0. The van der Waals surface area contributed by atoms with Crippen molar-refractivity contribution in [2.45, 2.75) is 40.7 Å². The van der Waals surface area contributed by atoms with Crippen LogP contribution in [-0.4, -0.2) is 6.61 Å². The molecule has 1 atom stereocenters. The maximum Gasteiger partial charge on any atom is 0.119 e. The first-order valence-electron chi connectivity index (χ1n) is 7.05. The molecule has 106 valence electrons. The first kappa shape index (κ1) is 14.4. The lowest BCUT2D eigenvalue weighted by atomic mass is 9.97. The van der Waals surface area contributed by atoms with Crippen molar-refractivity contribution in [1.82, 2.24) is 5.43 Å². The van der Waals surface area contributed by atoms with Gasteiger partial charge < -0.3 is 4.74 Å². The Morgan fingerprint density at radius 3 is 2.05 bits per heavy atom. The maximum absolute atomic E-state index is 5.80. The fourth-order valence-electron chi connectivity index (χ4n) is 3.40. The van der Waals surface area contributed by atoms with Crippen LogP contribution in [-0.2, 0) is 0 Å². The molecule has 1 fully saturated rings. The SMILES string of the molecule is CCOc1ccc(C(NN)C2C(C)(C)C2(C)C)cc1. The van der Waals surface area contributed by atoms with Crippen molar-refractivity contribution in [2.24, 2.45) is 22.6 Å². The van der Waals surface area contributed by atoms with E-state index in [9.17, 15) is 0 Å². The van der Waals surface area contributed by atoms with Gasteiger partial charge in [0.25, 0.3) is 0 Å². The molecule has 0 saturated heterocycles. The Kier molecular flexibility index (Phi) is 3.63. The summed E-state index contributed by atoms with van der Waals surface area (Å²) in [5.41, 5.74) is 4.85. The van der Waals surface area contributed by atoms with E-state index in [1.54, 1.807) is 0 Å². The second kappa shape index (κ2) is 4.80. The van der Waals surface area contributed by atoms with Crippen LogP contribution < -0.4 is 16.0 Å². The molecule has 1 saturated carbocycles. The van der Waals surface area contributed by atoms with Crippen molar-refractivity contribution in [2.75, 3.05) is 6.61 Å². The number of hydrogen-bond acceptors (Lipinski definition) is 3. The molecule has 0 heterocycles. The van der Waals surface area contributed by atoms with Crippen LogP contribution >= 0.6 is 0 Å². The molecule has 3 N–H and O–H groups in total. The Bertz CT molecular complexity index is 423. The number of nitrogens with one attached hydrogen (secondary N) is 1. The minimum atomic E-state index is 0.195. The molecule has 1 aliphatic rings. The Labute approximate surface area is 116 Å². The number of hydrogen-bond donors (Lipinski definition) is 2. The minimum Gasteiger partial charge on any atom is -0.494 e. The highest BCUT2D eigenvalue weighted by Gasteiger charge is 2.67. The van der Waals surface area contributed by atoms with Gasteiger partial charge in [0.15, 0.2) is 0 Å². The zero-order valence-corrected chi connectivity index (χ0v) is 12.7. The van der Waals surface area contributed by atoms with Crippen molar-refractivity contribution in [3.8, 4) is 5.75 Å². The zero-order valence-electron chi connectivity index (χ0n) is 12.7. The van der Waals surface area contributed by atoms with E-state index >= 15 is 0 Å². The summed E-state index contributed by atoms with van der Waals surface area (Å²) in [6, 6.07) is 8.46. The highest BCUT2D eigenvalue weighted by molar-refractivity contribution is 5.32. The first-order valence-corrected chi connectivity index (χ1v) is 7.05. The second-order valence-electron chi connectivity index (χ2n) is 6.57. The molecule has 1 aromatic carbocycles. The molecule has 0 aromatic heterocycles. The summed E-state index contributed by atoms with van der Waals surface area (Å²) in [5.74, 6) is 7.26. The summed E-state index contributed by atoms with van der Waals surface area (Å²) >= 11 is 0. The molecule has 3 nitrogen and oxygen atoms in total. The predicted octanol–water partition coefficient (Wildman–Crippen LogP) is 3.27. The van der Waals surface area contributed by atoms with Crippen LogP contribution in [0.25, 0.3) is 0 Å². The van der Waals surface area contributed by atoms with Gasteiger partial charge >= 0.3 is 0 Å². The molecule has 19 heavy (non-hydrogen) atoms. The van der Waals surface area contributed by atoms with Gasteiger partial charge in [0.05, 0.1) is 6.61 Å². The molecule has 2 rings (SSSR count). The highest BCUT2D eigenvalue weighted by Crippen LogP contribution is 2.72. The van der Waals surface area contributed by atoms with Gasteiger partial charge in [-0.2, -0.15) is 0 Å². The lowest BCUT2D eigenvalue weighted by Crippen LogP contribution is -2.31. The third-order valence-corrected chi connectivity index (χ3v) is 5.20. The monoisotopic (exact) mass is 262 g/mol. The van der Waals surface area contributed by atoms with Crippen molar-refractivity contribution in [3.05, 3.63) is 29.8 Å². The van der Waals surface area contributed by atoms with Crippen molar-refractivity contribution in [1.29, 1.82) is 0 Å². The van der Waals surface area contributed by atoms with Gasteiger partial charge in [-0.3, -0.25) is 11.3 Å². The van der Waals surface area contributed by atoms with E-state index in [0.29, 0.717) is 23.4 Å². The van der Waals surface area contributed by atoms with Gasteiger partial charge in [0.1, 0.15) is 5.75 Å². The van der Waals surface area contributed by atoms with E-state index in [1.165, 1.54) is 5.56 Å². The third-order valence-electron chi connectivity index (χ3n) is 5.20. The van der Waals surface area contributed by atoms with Crippen molar-refractivity contribution < 1.29 is 4.74 Å². The minimum absolute atomic E-state index is 0.195. The molecule has 0 amide bonds. The molecular formula is C16H26N2O. The Morgan fingerprint density at radius 1 is 1.16 bits per heavy atom. The standard InChI is InChI=1S/C16H26N2O/c1-6-19-12-9-7-11(8-10-12)13(18-17)14-15(2,3)16(14,4)5/h7-10,13-14,18H,6,17H2,1-5H3. The molecule has 0 spiro atoms. The van der Waals surface area contributed by atoms with Gasteiger partial charge in [0.2, 0.25) is 0 Å². The first-order chi connectivity index (χ1) is 8.86. The molecule has 1 aliphatic carbocycles. The van der Waals surface area contributed by atoms with E-state index in [4.69, 9.17) is 10.6 Å². The normalized spacial score (nSPS) is 22.0. The number of ether oxygens (including phenoxy) is 1. The lowest BCUT2D eigenvalue weighted by molar-refractivity contribution is 0.339. The summed E-state index contributed by atoms with van der Waals surface area (Å²) in [6.45, 7) is 12.0. The summed E-state index contributed by atoms with van der Waals surface area (Å²) < 4.78 is 5.48. The van der Waals surface area contributed by atoms with E-state index in [2.05, 4.69) is 45.3 Å². The molecule has 3 heteroatoms. The van der Waals surface area contributed by atoms with Gasteiger partial charge in [0, 0.05) is 6.04 Å². The molecule has 0 aliphatic heterocycles. The topological polar surface area (TPSA) is 47.3 Å². The van der Waals surface area contributed by atoms with Crippen LogP contribution in [0.2, 0.25) is 0 Å². The highest BCUT2D eigenvalue weighted by atomic mass is 16.5. The average molecular weight is 262 g/mol. The van der Waals surface area contributed by atoms with E-state index in [-0.39, 0.29) is 6.04 Å². The van der Waals surface area contributed by atoms with Gasteiger partial charge in [-0.25, -0.2) is 0 Å². The molecule has 0 bridgehead atoms. The molecule has 1 unspecified atom stereocenters. The largest absolute Gasteiger partial charge is 0.494 e. The number of benzene rings is 1. The molecular weight excluding hydrogens is 236 g/mol. The van der Waals surface area contributed by atoms with Gasteiger partial charge in [-0.15, -0.1) is 0 Å². The van der Waals surface area contributed by atoms with Crippen LogP contribution in [0.1, 0.15) is 46.2 Å². The Hall–Kier alpha value is -1.06. The lowest BCUT2D eigenvalue weighted by Gasteiger charge is -2.19. The van der Waals surface area contributed by atoms with Crippen LogP contribution in [0, 0.1) is 16.7 Å². The quantitative estimate of drug-likeness (QED) is 0.632. The smallest absolute Gasteiger partial charge is 0.119 e. The number of rotatable bonds is 5. The maximum atomic E-state index is 5.80. The van der Waals surface area contributed by atoms with E-state index in [1.807, 2.05) is 19.1 Å². The van der Waals surface area contributed by atoms with Crippen LogP contribution in [0.15, 0.2) is 24.3 Å². The Morgan fingerprint density at radius 2 is 1.68 bits per heavy atom. The average Bonchev–Trinajstić information content (AvgIpc) is 2.75. The van der Waals surface area contributed by atoms with Gasteiger partial charge in [-0.1, -0.05) is 39.8 Å². The van der Waals surface area contributed by atoms with Crippen LogP contribution in [0.5, 0.6) is 5.75 Å². The summed E-state index contributed by atoms with van der Waals surface area (Å²) in [4.78, 5) is 0. The second-order valence-corrected chi connectivity index (χ2v) is 6.57. The van der Waals surface area contributed by atoms with E-state index < -0.39 is 0 Å². The number of hydrazine groups is 1. The van der Waals surface area contributed by atoms with Crippen LogP contribution in [0.4, 0.5) is 0 Å². The summed E-state index contributed by atoms with van der Waals surface area (Å²) in [6.07, 6.45) is 0.